The number of rotatable bonds is 20. The van der Waals surface area contributed by atoms with Gasteiger partial charge in [0.2, 0.25) is 0 Å². The Hall–Kier alpha value is -5.81. The molecule has 0 spiro atoms. The van der Waals surface area contributed by atoms with Crippen molar-refractivity contribution in [3.63, 3.8) is 0 Å². The first-order valence-electron chi connectivity index (χ1n) is 24.1. The normalized spacial score (nSPS) is 21.3. The van der Waals surface area contributed by atoms with Gasteiger partial charge in [-0.05, 0) is 43.7 Å². The van der Waals surface area contributed by atoms with Crippen LogP contribution in [0.15, 0.2) is 96.5 Å². The first-order valence-corrected chi connectivity index (χ1v) is 27.0. The molecule has 2 aromatic carbocycles. The Bertz CT molecular complexity index is 2740. The maximum absolute atomic E-state index is 14.7. The predicted molar refractivity (Wildman–Crippen MR) is 278 cm³/mol. The van der Waals surface area contributed by atoms with E-state index in [1.807, 2.05) is 0 Å². The molecule has 8 rings (SSSR count). The number of ether oxygens (including phenoxy) is 4. The zero-order chi connectivity index (χ0) is 56.3. The Morgan fingerprint density at radius 3 is 1.55 bits per heavy atom. The second-order valence-electron chi connectivity index (χ2n) is 18.3. The van der Waals surface area contributed by atoms with Crippen molar-refractivity contribution in [3.8, 4) is 0 Å². The predicted octanol–water partition coefficient (Wildman–Crippen LogP) is 7.91. The summed E-state index contributed by atoms with van der Waals surface area (Å²) in [7, 11) is 0. The summed E-state index contributed by atoms with van der Waals surface area (Å²) in [6.45, 7) is 0.924. The fraction of sp³-hybridized carbons (Fsp3) is 0.440. The number of hydrogen-bond acceptors (Lipinski definition) is 18. The number of nitrogens with one attached hydrogen (secondary N) is 2. The van der Waals surface area contributed by atoms with Crippen molar-refractivity contribution in [3.05, 3.63) is 124 Å². The number of aliphatic imine (C=N–C) groups is 2. The van der Waals surface area contributed by atoms with E-state index in [2.05, 4.69) is 41.5 Å². The zero-order valence-corrected chi connectivity index (χ0v) is 45.6. The monoisotopic (exact) mass is 1220 g/mol. The first kappa shape index (κ1) is 59.8. The van der Waals surface area contributed by atoms with Crippen LogP contribution in [0.25, 0.3) is 0 Å². The van der Waals surface area contributed by atoms with Crippen molar-refractivity contribution in [2.75, 3.05) is 78.9 Å². The quantitative estimate of drug-likeness (QED) is 0.0487. The molecule has 4 atom stereocenters. The SMILES string of the molecule is CCOC(=O)C1=C(CN2CC(COCC(=O)O)CC(F)(F)C2)NC(c2nccs2)=NC1c1ccc(F)cc1Br.CCOC(=O)C1=C(CN2CC(COCC(=O)O)CC(F)(F)C2)NC(c2nccs2)=NC1c1ccc(F)cc1Cl. The summed E-state index contributed by atoms with van der Waals surface area (Å²) in [4.78, 5) is 69.0. The number of halogens is 8. The summed E-state index contributed by atoms with van der Waals surface area (Å²) < 4.78 is 108. The highest BCUT2D eigenvalue weighted by atomic mass is 79.9. The van der Waals surface area contributed by atoms with Crippen molar-refractivity contribution in [2.24, 2.45) is 21.8 Å². The fourth-order valence-corrected chi connectivity index (χ4v) is 11.3. The molecule has 28 heteroatoms. The van der Waals surface area contributed by atoms with Crippen LogP contribution in [0.1, 0.15) is 59.9 Å². The molecular weight excluding hydrogens is 1170 g/mol. The highest BCUT2D eigenvalue weighted by Crippen LogP contribution is 2.40. The van der Waals surface area contributed by atoms with Crippen LogP contribution in [0.4, 0.5) is 26.3 Å². The van der Waals surface area contributed by atoms with Gasteiger partial charge in [0.05, 0.1) is 50.7 Å². The van der Waals surface area contributed by atoms with Crippen LogP contribution in [0.3, 0.4) is 0 Å². The smallest absolute Gasteiger partial charge is 0.338 e. The largest absolute Gasteiger partial charge is 0.480 e. The Morgan fingerprint density at radius 2 is 1.15 bits per heavy atom. The third kappa shape index (κ3) is 16.2. The first-order chi connectivity index (χ1) is 37.1. The number of nitrogens with zero attached hydrogens (tertiary/aromatic N) is 6. The minimum absolute atomic E-state index is 0.0328. The van der Waals surface area contributed by atoms with Gasteiger partial charge in [-0.2, -0.15) is 0 Å². The van der Waals surface area contributed by atoms with E-state index >= 15 is 0 Å². The molecule has 0 radical (unpaired) electrons. The number of thiazole rings is 2. The number of carboxylic acid groups (broad SMARTS) is 2. The number of piperidine rings is 2. The van der Waals surface area contributed by atoms with E-state index in [-0.39, 0.29) is 74.5 Å². The van der Waals surface area contributed by atoms with Crippen LogP contribution in [-0.2, 0) is 38.1 Å². The molecule has 4 aromatic rings. The molecule has 4 aliphatic rings. The van der Waals surface area contributed by atoms with E-state index in [0.717, 1.165) is 6.07 Å². The van der Waals surface area contributed by atoms with E-state index in [9.17, 15) is 45.5 Å². The van der Waals surface area contributed by atoms with Gasteiger partial charge in [-0.25, -0.2) is 55.5 Å². The third-order valence-electron chi connectivity index (χ3n) is 12.1. The molecule has 420 valence electrons. The standard InChI is InChI=1S/C25H26BrF3N4O5S.C25H26ClF3N4O5S/c2*1-2-38-24(36)20-18(10-33-9-14(8-25(28,29)13-33)11-37-12-19(34)35)31-22(23-30-5-6-39-23)32-21(20)16-4-3-15(27)7-17(16)26/h2*3-7,14,21H,2,8-13H2,1H3,(H,31,32)(H,34,35). The molecule has 6 heterocycles. The minimum Gasteiger partial charge on any atom is -0.480 e. The molecule has 2 aromatic heterocycles. The highest BCUT2D eigenvalue weighted by molar-refractivity contribution is 9.10. The number of carbonyl (C=O) groups excluding carboxylic acids is 2. The molecular formula is C50H52BrClF6N8O10S2. The summed E-state index contributed by atoms with van der Waals surface area (Å²) in [5.41, 5.74) is 1.55. The third-order valence-corrected chi connectivity index (χ3v) is 14.6. The van der Waals surface area contributed by atoms with Gasteiger partial charge in [0.15, 0.2) is 21.7 Å². The van der Waals surface area contributed by atoms with E-state index in [0.29, 0.717) is 43.0 Å². The lowest BCUT2D eigenvalue weighted by molar-refractivity contribution is -0.145. The molecule has 0 aliphatic carbocycles. The fourth-order valence-electron chi connectivity index (χ4n) is 9.29. The maximum Gasteiger partial charge on any atom is 0.338 e. The van der Waals surface area contributed by atoms with Crippen molar-refractivity contribution >= 4 is 85.8 Å². The average molecular weight is 1220 g/mol. The number of aliphatic carboxylic acids is 2. The molecule has 0 bridgehead atoms. The van der Waals surface area contributed by atoms with E-state index < -0.39 is 110 Å². The molecule has 0 saturated carbocycles. The van der Waals surface area contributed by atoms with Gasteiger partial charge >= 0.3 is 23.9 Å². The van der Waals surface area contributed by atoms with Crippen molar-refractivity contribution in [1.29, 1.82) is 0 Å². The highest BCUT2D eigenvalue weighted by Gasteiger charge is 2.44. The van der Waals surface area contributed by atoms with Gasteiger partial charge in [-0.15, -0.1) is 22.7 Å². The molecule has 78 heavy (non-hydrogen) atoms. The Morgan fingerprint density at radius 1 is 0.718 bits per heavy atom. The molecule has 2 saturated heterocycles. The van der Waals surface area contributed by atoms with Crippen LogP contribution >= 0.6 is 50.2 Å². The van der Waals surface area contributed by atoms with E-state index in [4.69, 9.17) is 45.8 Å². The molecule has 4 unspecified atom stereocenters. The number of amidine groups is 2. The van der Waals surface area contributed by atoms with Gasteiger partial charge in [-0.1, -0.05) is 39.7 Å². The van der Waals surface area contributed by atoms with E-state index in [1.165, 1.54) is 62.8 Å². The second-order valence-corrected chi connectivity index (χ2v) is 21.3. The molecule has 18 nitrogen and oxygen atoms in total. The minimum atomic E-state index is -3.07. The number of carboxylic acids is 2. The average Bonchev–Trinajstić information content (AvgIpc) is 4.19. The summed E-state index contributed by atoms with van der Waals surface area (Å²) in [5.74, 6) is -11.6. The summed E-state index contributed by atoms with van der Waals surface area (Å²) in [6, 6.07) is 5.76. The Kier molecular flexibility index (Phi) is 20.6. The van der Waals surface area contributed by atoms with Gasteiger partial charge in [-0.3, -0.25) is 19.8 Å². The topological polar surface area (TPSA) is 227 Å². The number of hydrogen-bond donors (Lipinski definition) is 4. The van der Waals surface area contributed by atoms with Gasteiger partial charge in [0.25, 0.3) is 11.8 Å². The maximum atomic E-state index is 14.7. The lowest BCUT2D eigenvalue weighted by atomic mass is 9.93. The number of esters is 2. The molecule has 4 N–H and O–H groups in total. The van der Waals surface area contributed by atoms with Gasteiger partial charge in [0.1, 0.15) is 36.9 Å². The lowest BCUT2D eigenvalue weighted by Gasteiger charge is -2.39. The second kappa shape index (κ2) is 26.9. The summed E-state index contributed by atoms with van der Waals surface area (Å²) >= 11 is 12.3. The van der Waals surface area contributed by atoms with Crippen molar-refractivity contribution < 1.29 is 74.7 Å². The number of benzene rings is 2. The van der Waals surface area contributed by atoms with Crippen LogP contribution in [0.5, 0.6) is 0 Å². The van der Waals surface area contributed by atoms with Gasteiger partial charge in [0, 0.05) is 100 Å². The molecule has 0 amide bonds. The van der Waals surface area contributed by atoms with Crippen molar-refractivity contribution in [2.45, 2.75) is 50.6 Å². The molecule has 4 aliphatic heterocycles. The van der Waals surface area contributed by atoms with Crippen LogP contribution in [-0.4, -0.2) is 156 Å². The number of aromatic nitrogens is 2. The van der Waals surface area contributed by atoms with Gasteiger partial charge < -0.3 is 39.8 Å². The van der Waals surface area contributed by atoms with Crippen LogP contribution in [0, 0.1) is 23.5 Å². The summed E-state index contributed by atoms with van der Waals surface area (Å²) in [6.07, 6.45) is 2.25. The van der Waals surface area contributed by atoms with Crippen LogP contribution < -0.4 is 10.6 Å². The molecule has 2 fully saturated rings. The van der Waals surface area contributed by atoms with Crippen LogP contribution in [0.2, 0.25) is 5.02 Å². The van der Waals surface area contributed by atoms with Crippen molar-refractivity contribution in [1.82, 2.24) is 30.4 Å². The summed E-state index contributed by atoms with van der Waals surface area (Å²) in [5, 5.41) is 28.3. The number of likely N-dealkylation sites (tertiary alicyclic amines) is 2. The zero-order valence-electron chi connectivity index (χ0n) is 41.7. The Labute approximate surface area is 464 Å². The number of carbonyl (C=O) groups is 4. The Balaban J connectivity index is 0.000000226. The van der Waals surface area contributed by atoms with E-state index in [1.54, 1.807) is 37.0 Å². The number of alkyl halides is 4. The lowest BCUT2D eigenvalue weighted by Crippen LogP contribution is -2.50.